The Kier molecular flexibility index (Phi) is 7.36. The Morgan fingerprint density at radius 3 is 2.62 bits per heavy atom. The molecular formula is C31H30N2O3S. The van der Waals surface area contributed by atoms with Gasteiger partial charge < -0.3 is 9.64 Å². The van der Waals surface area contributed by atoms with Crippen LogP contribution in [0.15, 0.2) is 79.0 Å². The molecule has 0 N–H and O–H groups in total. The first kappa shape index (κ1) is 23.6. The summed E-state index contributed by atoms with van der Waals surface area (Å²) in [4.78, 5) is 27.0. The smallest absolute Gasteiger partial charge is 0.330 e. The highest BCUT2D eigenvalue weighted by atomic mass is 32.1. The van der Waals surface area contributed by atoms with Gasteiger partial charge in [0.1, 0.15) is 0 Å². The van der Waals surface area contributed by atoms with Gasteiger partial charge in [-0.15, -0.1) is 0 Å². The van der Waals surface area contributed by atoms with E-state index in [-0.39, 0.29) is 11.8 Å². The molecule has 1 fully saturated rings. The third-order valence-electron chi connectivity index (χ3n) is 6.83. The molecule has 1 aromatic heterocycles. The van der Waals surface area contributed by atoms with Gasteiger partial charge in [0.15, 0.2) is 0 Å². The van der Waals surface area contributed by atoms with Crippen molar-refractivity contribution in [2.24, 2.45) is 5.92 Å². The van der Waals surface area contributed by atoms with E-state index in [0.717, 1.165) is 64.4 Å². The predicted molar refractivity (Wildman–Crippen MR) is 150 cm³/mol. The van der Waals surface area contributed by atoms with Crippen LogP contribution in [0.2, 0.25) is 0 Å². The molecule has 0 spiro atoms. The van der Waals surface area contributed by atoms with Crippen molar-refractivity contribution in [3.05, 3.63) is 90.1 Å². The number of ether oxygens (including phenoxy) is 1. The maximum absolute atomic E-state index is 13.8. The number of carbonyl (C=O) groups is 2. The lowest BCUT2D eigenvalue weighted by atomic mass is 9.88. The summed E-state index contributed by atoms with van der Waals surface area (Å²) >= 11 is 1.48. The molecule has 6 heteroatoms. The third kappa shape index (κ3) is 5.97. The van der Waals surface area contributed by atoms with Crippen molar-refractivity contribution in [2.45, 2.75) is 38.6 Å². The third-order valence-corrected chi connectivity index (χ3v) is 7.61. The van der Waals surface area contributed by atoms with Crippen LogP contribution in [0.1, 0.15) is 44.6 Å². The van der Waals surface area contributed by atoms with Gasteiger partial charge in [0.2, 0.25) is 5.91 Å². The Balaban J connectivity index is 1.45. The largest absolute Gasteiger partial charge is 0.466 e. The summed E-state index contributed by atoms with van der Waals surface area (Å²) in [7, 11) is 1.33. The van der Waals surface area contributed by atoms with Gasteiger partial charge in [0.25, 0.3) is 0 Å². The average molecular weight is 512 g/mol. The minimum Gasteiger partial charge on any atom is -0.466 e. The molecule has 1 saturated carbocycles. The molecule has 5 rings (SSSR count). The van der Waals surface area contributed by atoms with Crippen LogP contribution in [-0.4, -0.2) is 23.4 Å². The molecule has 1 unspecified atom stereocenters. The van der Waals surface area contributed by atoms with E-state index < -0.39 is 12.5 Å². The molecule has 5 nitrogen and oxygen atoms in total. The molecule has 1 aliphatic rings. The zero-order valence-electron chi connectivity index (χ0n) is 21.8. The summed E-state index contributed by atoms with van der Waals surface area (Å²) in [6.45, 7) is -0.901. The Hall–Kier alpha value is -3.77. The van der Waals surface area contributed by atoms with Crippen molar-refractivity contribution in [1.29, 1.82) is 0 Å². The number of methoxy groups -OCH3 is 1. The summed E-state index contributed by atoms with van der Waals surface area (Å²) in [6.07, 6.45) is 9.81. The van der Waals surface area contributed by atoms with Gasteiger partial charge >= 0.3 is 5.97 Å². The van der Waals surface area contributed by atoms with Crippen molar-refractivity contribution < 1.29 is 15.7 Å². The van der Waals surface area contributed by atoms with Crippen LogP contribution in [0.25, 0.3) is 27.3 Å². The molecule has 188 valence electrons. The van der Waals surface area contributed by atoms with Crippen LogP contribution in [0.3, 0.4) is 0 Å². The maximum atomic E-state index is 13.8. The van der Waals surface area contributed by atoms with Gasteiger partial charge in [-0.2, -0.15) is 4.37 Å². The highest BCUT2D eigenvalue weighted by Crippen LogP contribution is 2.30. The number of amides is 1. The summed E-state index contributed by atoms with van der Waals surface area (Å²) in [5, 5.41) is 1.11. The van der Waals surface area contributed by atoms with Crippen molar-refractivity contribution in [1.82, 2.24) is 4.37 Å². The Bertz CT molecular complexity index is 1460. The SMILES string of the molecule is [2H]C(c1ccc(-c2ccc3sncc3c2)cc1)N(C(=O)C1CCCCC1)c1cccc(/C=C/C(=O)OC)c1. The molecule has 0 radical (unpaired) electrons. The maximum Gasteiger partial charge on any atom is 0.330 e. The van der Waals surface area contributed by atoms with Gasteiger partial charge in [-0.25, -0.2) is 4.79 Å². The van der Waals surface area contributed by atoms with E-state index in [9.17, 15) is 11.0 Å². The second-order valence-electron chi connectivity index (χ2n) is 9.32. The molecule has 3 aromatic carbocycles. The second-order valence-corrected chi connectivity index (χ2v) is 10.2. The summed E-state index contributed by atoms with van der Waals surface area (Å²) in [6, 6.07) is 21.6. The predicted octanol–water partition coefficient (Wildman–Crippen LogP) is 7.26. The quantitative estimate of drug-likeness (QED) is 0.193. The summed E-state index contributed by atoms with van der Waals surface area (Å²) in [5.41, 5.74) is 4.29. The van der Waals surface area contributed by atoms with E-state index >= 15 is 0 Å². The number of benzene rings is 3. The van der Waals surface area contributed by atoms with Crippen LogP contribution in [-0.2, 0) is 20.8 Å². The minimum absolute atomic E-state index is 0.0155. The Morgan fingerprint density at radius 2 is 1.84 bits per heavy atom. The van der Waals surface area contributed by atoms with Crippen molar-refractivity contribution in [3.63, 3.8) is 0 Å². The van der Waals surface area contributed by atoms with Gasteiger partial charge in [-0.3, -0.25) is 4.79 Å². The first-order valence-corrected chi connectivity index (χ1v) is 13.4. The molecule has 1 atom stereocenters. The lowest BCUT2D eigenvalue weighted by Crippen LogP contribution is -2.36. The lowest BCUT2D eigenvalue weighted by Gasteiger charge is -2.30. The standard InChI is InChI=1S/C31H30N2O3S/c1-36-30(34)17-12-22-6-5-9-28(18-22)33(31(35)25-7-3-2-4-8-25)21-23-10-13-24(14-11-23)26-15-16-29-27(19-26)20-32-37-29/h5-6,9-20,25H,2-4,7-8,21H2,1H3/b17-12+/i21D. The molecule has 0 bridgehead atoms. The number of anilines is 1. The van der Waals surface area contributed by atoms with Gasteiger partial charge in [0, 0.05) is 29.3 Å². The van der Waals surface area contributed by atoms with E-state index in [0.29, 0.717) is 5.69 Å². The summed E-state index contributed by atoms with van der Waals surface area (Å²) in [5.74, 6) is -0.548. The molecule has 1 heterocycles. The fraction of sp³-hybridized carbons (Fsp3) is 0.258. The minimum atomic E-state index is -0.901. The van der Waals surface area contributed by atoms with Gasteiger partial charge in [-0.05, 0) is 77.0 Å². The molecule has 4 aromatic rings. The number of carbonyl (C=O) groups excluding carboxylic acids is 2. The fourth-order valence-electron chi connectivity index (χ4n) is 4.78. The number of aromatic nitrogens is 1. The number of nitrogens with zero attached hydrogens (tertiary/aromatic N) is 2. The molecule has 1 aliphatic carbocycles. The van der Waals surface area contributed by atoms with Gasteiger partial charge in [0.05, 0.1) is 19.7 Å². The number of hydrogen-bond donors (Lipinski definition) is 0. The highest BCUT2D eigenvalue weighted by molar-refractivity contribution is 7.13. The number of esters is 1. The molecule has 0 saturated heterocycles. The van der Waals surface area contributed by atoms with E-state index in [1.165, 1.54) is 24.7 Å². The van der Waals surface area contributed by atoms with Crippen molar-refractivity contribution >= 4 is 45.3 Å². The van der Waals surface area contributed by atoms with Crippen LogP contribution in [0, 0.1) is 5.92 Å². The van der Waals surface area contributed by atoms with Crippen LogP contribution in [0.5, 0.6) is 0 Å². The number of fused-ring (bicyclic) bond motifs is 1. The van der Waals surface area contributed by atoms with Gasteiger partial charge in [-0.1, -0.05) is 61.7 Å². The fourth-order valence-corrected chi connectivity index (χ4v) is 5.41. The van der Waals surface area contributed by atoms with E-state index in [1.807, 2.05) is 54.7 Å². The average Bonchev–Trinajstić information content (AvgIpc) is 3.45. The van der Waals surface area contributed by atoms with Crippen LogP contribution >= 0.6 is 11.5 Å². The summed E-state index contributed by atoms with van der Waals surface area (Å²) < 4.78 is 19.3. The van der Waals surface area contributed by atoms with Crippen molar-refractivity contribution in [2.75, 3.05) is 12.0 Å². The molecule has 0 aliphatic heterocycles. The molecule has 37 heavy (non-hydrogen) atoms. The topological polar surface area (TPSA) is 59.5 Å². The normalized spacial score (nSPS) is 15.4. The Labute approximate surface area is 223 Å². The monoisotopic (exact) mass is 511 g/mol. The zero-order valence-corrected chi connectivity index (χ0v) is 21.6. The molecular weight excluding hydrogens is 480 g/mol. The number of rotatable bonds is 7. The van der Waals surface area contributed by atoms with E-state index in [4.69, 9.17) is 4.74 Å². The lowest BCUT2D eigenvalue weighted by molar-refractivity contribution is -0.134. The van der Waals surface area contributed by atoms with E-state index in [1.54, 1.807) is 11.0 Å². The number of hydrogen-bond acceptors (Lipinski definition) is 5. The van der Waals surface area contributed by atoms with E-state index in [2.05, 4.69) is 22.6 Å². The first-order valence-electron chi connectivity index (χ1n) is 13.2. The Morgan fingerprint density at radius 1 is 1.05 bits per heavy atom. The van der Waals surface area contributed by atoms with Crippen molar-refractivity contribution in [3.8, 4) is 11.1 Å². The van der Waals surface area contributed by atoms with Crippen LogP contribution < -0.4 is 4.90 Å². The second kappa shape index (κ2) is 11.5. The van der Waals surface area contributed by atoms with Crippen LogP contribution in [0.4, 0.5) is 5.69 Å². The molecule has 1 amide bonds. The highest BCUT2D eigenvalue weighted by Gasteiger charge is 2.27. The first-order chi connectivity index (χ1) is 18.5. The zero-order chi connectivity index (χ0) is 26.5.